The minimum Gasteiger partial charge on any atom is -0.494 e. The highest BCUT2D eigenvalue weighted by atomic mass is 16.5. The fourth-order valence-electron chi connectivity index (χ4n) is 2.21. The predicted octanol–water partition coefficient (Wildman–Crippen LogP) is 2.00. The van der Waals surface area contributed by atoms with E-state index in [0.29, 0.717) is 18.9 Å². The van der Waals surface area contributed by atoms with Crippen LogP contribution < -0.4 is 10.1 Å². The fourth-order valence-corrected chi connectivity index (χ4v) is 2.21. The van der Waals surface area contributed by atoms with E-state index in [-0.39, 0.29) is 12.3 Å². The Balaban J connectivity index is 1.85. The quantitative estimate of drug-likeness (QED) is 0.768. The van der Waals surface area contributed by atoms with Crippen molar-refractivity contribution in [2.75, 3.05) is 6.61 Å². The Bertz CT molecular complexity index is 494. The molecule has 0 saturated heterocycles. The standard InChI is InChI=1S/C16H21NO4/c1-2-21-13-7-5-12(6-8-13)10-15(18)17-14(16(19)20)9-11-3-4-11/h5-8,11,14H,2-4,9-10H2,1H3,(H,17,18)(H,19,20). The van der Waals surface area contributed by atoms with Crippen LogP contribution in [0.25, 0.3) is 0 Å². The van der Waals surface area contributed by atoms with Crippen molar-refractivity contribution in [3.63, 3.8) is 0 Å². The molecular formula is C16H21NO4. The molecule has 1 aliphatic carbocycles. The monoisotopic (exact) mass is 291 g/mol. The Morgan fingerprint density at radius 3 is 2.52 bits per heavy atom. The Labute approximate surface area is 124 Å². The van der Waals surface area contributed by atoms with E-state index in [1.165, 1.54) is 0 Å². The number of nitrogens with one attached hydrogen (secondary N) is 1. The van der Waals surface area contributed by atoms with Crippen molar-refractivity contribution in [1.82, 2.24) is 5.32 Å². The van der Waals surface area contributed by atoms with Gasteiger partial charge >= 0.3 is 5.97 Å². The van der Waals surface area contributed by atoms with Crippen LogP contribution in [0.3, 0.4) is 0 Å². The van der Waals surface area contributed by atoms with Gasteiger partial charge in [0.05, 0.1) is 13.0 Å². The Hall–Kier alpha value is -2.04. The Kier molecular flexibility index (Phi) is 5.20. The first kappa shape index (κ1) is 15.4. The van der Waals surface area contributed by atoms with Gasteiger partial charge < -0.3 is 15.2 Å². The molecule has 0 aromatic heterocycles. The molecule has 1 fully saturated rings. The zero-order chi connectivity index (χ0) is 15.2. The van der Waals surface area contributed by atoms with Gasteiger partial charge in [0, 0.05) is 0 Å². The maximum Gasteiger partial charge on any atom is 0.326 e. The number of hydrogen-bond donors (Lipinski definition) is 2. The number of carbonyl (C=O) groups is 2. The summed E-state index contributed by atoms with van der Waals surface area (Å²) in [5, 5.41) is 11.7. The maximum absolute atomic E-state index is 11.9. The lowest BCUT2D eigenvalue weighted by Crippen LogP contribution is -2.41. The lowest BCUT2D eigenvalue weighted by molar-refractivity contribution is -0.142. The number of hydrogen-bond acceptors (Lipinski definition) is 3. The van der Waals surface area contributed by atoms with Crippen molar-refractivity contribution in [2.45, 2.75) is 38.6 Å². The SMILES string of the molecule is CCOc1ccc(CC(=O)NC(CC2CC2)C(=O)O)cc1. The van der Waals surface area contributed by atoms with Crippen LogP contribution >= 0.6 is 0 Å². The van der Waals surface area contributed by atoms with Gasteiger partial charge in [-0.25, -0.2) is 4.79 Å². The van der Waals surface area contributed by atoms with Gasteiger partial charge in [-0.3, -0.25) is 4.79 Å². The minimum atomic E-state index is -0.957. The highest BCUT2D eigenvalue weighted by molar-refractivity contribution is 5.84. The van der Waals surface area contributed by atoms with Crippen LogP contribution in [0.5, 0.6) is 5.75 Å². The summed E-state index contributed by atoms with van der Waals surface area (Å²) < 4.78 is 5.33. The van der Waals surface area contributed by atoms with Gasteiger partial charge in [0.25, 0.3) is 0 Å². The number of aliphatic carboxylic acids is 1. The molecule has 2 N–H and O–H groups in total. The topological polar surface area (TPSA) is 75.6 Å². The number of carboxylic acid groups (broad SMARTS) is 1. The van der Waals surface area contributed by atoms with Crippen LogP contribution in [0, 0.1) is 5.92 Å². The lowest BCUT2D eigenvalue weighted by Gasteiger charge is -2.14. The van der Waals surface area contributed by atoms with Crippen LogP contribution in [0.2, 0.25) is 0 Å². The highest BCUT2D eigenvalue weighted by Gasteiger charge is 2.30. The van der Waals surface area contributed by atoms with Crippen molar-refractivity contribution >= 4 is 11.9 Å². The molecule has 0 heterocycles. The van der Waals surface area contributed by atoms with E-state index in [0.717, 1.165) is 24.2 Å². The van der Waals surface area contributed by atoms with Crippen molar-refractivity contribution in [2.24, 2.45) is 5.92 Å². The third-order valence-corrected chi connectivity index (χ3v) is 3.50. The van der Waals surface area contributed by atoms with Crippen LogP contribution in [0.1, 0.15) is 31.7 Å². The minimum absolute atomic E-state index is 0.181. The molecule has 2 rings (SSSR count). The zero-order valence-corrected chi connectivity index (χ0v) is 12.2. The molecule has 1 aromatic carbocycles. The van der Waals surface area contributed by atoms with Crippen LogP contribution in [0.15, 0.2) is 24.3 Å². The third kappa shape index (κ3) is 5.10. The van der Waals surface area contributed by atoms with Gasteiger partial charge in [-0.2, -0.15) is 0 Å². The van der Waals surface area contributed by atoms with Gasteiger partial charge in [0.15, 0.2) is 0 Å². The van der Waals surface area contributed by atoms with Gasteiger partial charge in [-0.15, -0.1) is 0 Å². The molecule has 1 atom stereocenters. The largest absolute Gasteiger partial charge is 0.494 e. The van der Waals surface area contributed by atoms with E-state index in [1.807, 2.05) is 31.2 Å². The van der Waals surface area contributed by atoms with Gasteiger partial charge in [-0.05, 0) is 37.0 Å². The van der Waals surface area contributed by atoms with E-state index in [4.69, 9.17) is 9.84 Å². The van der Waals surface area contributed by atoms with Gasteiger partial charge in [0.2, 0.25) is 5.91 Å². The second-order valence-corrected chi connectivity index (χ2v) is 5.39. The Morgan fingerprint density at radius 2 is 2.00 bits per heavy atom. The smallest absolute Gasteiger partial charge is 0.326 e. The Morgan fingerprint density at radius 1 is 1.33 bits per heavy atom. The summed E-state index contributed by atoms with van der Waals surface area (Å²) in [6.07, 6.45) is 2.85. The molecule has 5 nitrogen and oxygen atoms in total. The van der Waals surface area contributed by atoms with Gasteiger partial charge in [-0.1, -0.05) is 25.0 Å². The average molecular weight is 291 g/mol. The second-order valence-electron chi connectivity index (χ2n) is 5.39. The molecule has 1 amide bonds. The molecule has 1 aliphatic rings. The van der Waals surface area contributed by atoms with Crippen LogP contribution in [-0.4, -0.2) is 29.6 Å². The summed E-state index contributed by atoms with van der Waals surface area (Å²) in [4.78, 5) is 23.1. The molecular weight excluding hydrogens is 270 g/mol. The molecule has 0 bridgehead atoms. The van der Waals surface area contributed by atoms with Crippen molar-refractivity contribution < 1.29 is 19.4 Å². The summed E-state index contributed by atoms with van der Waals surface area (Å²) in [5.41, 5.74) is 0.839. The number of rotatable bonds is 8. The second kappa shape index (κ2) is 7.11. The summed E-state index contributed by atoms with van der Waals surface area (Å²) in [5.74, 6) is 0.00448. The van der Waals surface area contributed by atoms with E-state index in [1.54, 1.807) is 0 Å². The number of carbonyl (C=O) groups excluding carboxylic acids is 1. The van der Waals surface area contributed by atoms with E-state index >= 15 is 0 Å². The van der Waals surface area contributed by atoms with E-state index in [9.17, 15) is 9.59 Å². The normalized spacial score (nSPS) is 15.3. The number of benzene rings is 1. The predicted molar refractivity (Wildman–Crippen MR) is 78.2 cm³/mol. The molecule has 21 heavy (non-hydrogen) atoms. The summed E-state index contributed by atoms with van der Waals surface area (Å²) in [7, 11) is 0. The molecule has 0 aliphatic heterocycles. The molecule has 1 aromatic rings. The zero-order valence-electron chi connectivity index (χ0n) is 12.2. The lowest BCUT2D eigenvalue weighted by atomic mass is 10.1. The molecule has 0 spiro atoms. The van der Waals surface area contributed by atoms with Crippen LogP contribution in [0.4, 0.5) is 0 Å². The highest BCUT2D eigenvalue weighted by Crippen LogP contribution is 2.33. The first-order chi connectivity index (χ1) is 10.1. The van der Waals surface area contributed by atoms with E-state index < -0.39 is 12.0 Å². The van der Waals surface area contributed by atoms with Crippen molar-refractivity contribution in [1.29, 1.82) is 0 Å². The van der Waals surface area contributed by atoms with E-state index in [2.05, 4.69) is 5.32 Å². The summed E-state index contributed by atoms with van der Waals surface area (Å²) >= 11 is 0. The maximum atomic E-state index is 11.9. The summed E-state index contributed by atoms with van der Waals surface area (Å²) in [6.45, 7) is 2.51. The first-order valence-corrected chi connectivity index (χ1v) is 7.32. The van der Waals surface area contributed by atoms with Crippen LogP contribution in [-0.2, 0) is 16.0 Å². The number of amides is 1. The molecule has 1 unspecified atom stereocenters. The molecule has 0 radical (unpaired) electrons. The number of carboxylic acids is 1. The van der Waals surface area contributed by atoms with Gasteiger partial charge in [0.1, 0.15) is 11.8 Å². The molecule has 114 valence electrons. The van der Waals surface area contributed by atoms with Crippen molar-refractivity contribution in [3.8, 4) is 5.75 Å². The first-order valence-electron chi connectivity index (χ1n) is 7.32. The third-order valence-electron chi connectivity index (χ3n) is 3.50. The van der Waals surface area contributed by atoms with Crippen molar-refractivity contribution in [3.05, 3.63) is 29.8 Å². The molecule has 1 saturated carbocycles. The average Bonchev–Trinajstić information content (AvgIpc) is 3.24. The molecule has 5 heteroatoms. The summed E-state index contributed by atoms with van der Waals surface area (Å²) in [6, 6.07) is 6.49. The fraction of sp³-hybridized carbons (Fsp3) is 0.500. The number of ether oxygens (including phenoxy) is 1.